The van der Waals surface area contributed by atoms with Crippen molar-refractivity contribution in [2.24, 2.45) is 0 Å². The number of ether oxygens (including phenoxy) is 2. The summed E-state index contributed by atoms with van der Waals surface area (Å²) in [5.74, 6) is 2.34. The first-order valence-electron chi connectivity index (χ1n) is 8.74. The number of nitrogens with zero attached hydrogens (tertiary/aromatic N) is 6. The predicted molar refractivity (Wildman–Crippen MR) is 96.9 cm³/mol. The molecule has 3 aromatic rings. The van der Waals surface area contributed by atoms with E-state index in [1.54, 1.807) is 24.3 Å². The zero-order chi connectivity index (χ0) is 18.1. The van der Waals surface area contributed by atoms with Crippen LogP contribution in [-0.4, -0.2) is 51.1 Å². The number of aryl methyl sites for hydroxylation is 1. The van der Waals surface area contributed by atoms with Crippen LogP contribution in [0.5, 0.6) is 11.6 Å². The fraction of sp³-hybridized carbons (Fsp3) is 0.444. The molecule has 0 aliphatic carbocycles. The molecule has 26 heavy (non-hydrogen) atoms. The molecule has 1 saturated heterocycles. The van der Waals surface area contributed by atoms with Crippen LogP contribution in [0, 0.1) is 13.8 Å². The van der Waals surface area contributed by atoms with Crippen molar-refractivity contribution in [1.82, 2.24) is 24.8 Å². The molecule has 1 aliphatic rings. The summed E-state index contributed by atoms with van der Waals surface area (Å²) in [7, 11) is 1.60. The minimum Gasteiger partial charge on any atom is -0.489 e. The summed E-state index contributed by atoms with van der Waals surface area (Å²) in [6.07, 6.45) is 5.29. The molecule has 0 amide bonds. The predicted octanol–water partition coefficient (Wildman–Crippen LogP) is 2.19. The summed E-state index contributed by atoms with van der Waals surface area (Å²) >= 11 is 0. The quantitative estimate of drug-likeness (QED) is 0.711. The van der Waals surface area contributed by atoms with Gasteiger partial charge in [-0.3, -0.25) is 0 Å². The number of fused-ring (bicyclic) bond motifs is 1. The van der Waals surface area contributed by atoms with E-state index < -0.39 is 0 Å². The number of piperidine rings is 1. The van der Waals surface area contributed by atoms with Gasteiger partial charge in [0.2, 0.25) is 5.88 Å². The van der Waals surface area contributed by atoms with Crippen molar-refractivity contribution < 1.29 is 9.47 Å². The second-order valence-electron chi connectivity index (χ2n) is 6.49. The third-order valence-electron chi connectivity index (χ3n) is 4.92. The maximum absolute atomic E-state index is 6.06. The lowest BCUT2D eigenvalue weighted by atomic mass is 10.1. The Bertz CT molecular complexity index is 900. The third kappa shape index (κ3) is 3.02. The van der Waals surface area contributed by atoms with Gasteiger partial charge in [0.15, 0.2) is 11.5 Å². The van der Waals surface area contributed by atoms with Crippen LogP contribution in [0.2, 0.25) is 0 Å². The highest BCUT2D eigenvalue weighted by atomic mass is 16.5. The Balaban J connectivity index is 1.44. The Morgan fingerprint density at radius 2 is 1.88 bits per heavy atom. The Kier molecular flexibility index (Phi) is 4.32. The minimum absolute atomic E-state index is 0.179. The Morgan fingerprint density at radius 3 is 2.58 bits per heavy atom. The van der Waals surface area contributed by atoms with Crippen molar-refractivity contribution in [3.63, 3.8) is 0 Å². The molecule has 8 heteroatoms. The van der Waals surface area contributed by atoms with Crippen molar-refractivity contribution >= 4 is 11.5 Å². The average molecular weight is 354 g/mol. The topological polar surface area (TPSA) is 77.7 Å². The highest BCUT2D eigenvalue weighted by Crippen LogP contribution is 2.26. The molecule has 8 nitrogen and oxygen atoms in total. The number of hydrogen-bond donors (Lipinski definition) is 0. The molecule has 136 valence electrons. The molecular formula is C18H22N6O2. The second kappa shape index (κ2) is 6.78. The average Bonchev–Trinajstić information content (AvgIpc) is 3.15. The fourth-order valence-corrected chi connectivity index (χ4v) is 3.29. The van der Waals surface area contributed by atoms with E-state index in [1.165, 1.54) is 0 Å². The van der Waals surface area contributed by atoms with Gasteiger partial charge in [-0.05, 0) is 19.9 Å². The molecule has 4 heterocycles. The maximum atomic E-state index is 6.06. The molecule has 0 bridgehead atoms. The molecule has 0 aromatic carbocycles. The standard InChI is InChI=1S/C18H22N6O2/c1-12-13(2)18(22-24-17(12)20-11-21-24)23-8-6-14(7-9-23)26-15-4-5-16(25-3)19-10-15/h4-5,10-11,14H,6-9H2,1-3H3. The van der Waals surface area contributed by atoms with E-state index in [-0.39, 0.29) is 6.10 Å². The van der Waals surface area contributed by atoms with Gasteiger partial charge in [-0.2, -0.15) is 0 Å². The molecule has 0 radical (unpaired) electrons. The van der Waals surface area contributed by atoms with Gasteiger partial charge in [-0.15, -0.1) is 14.8 Å². The molecule has 0 atom stereocenters. The lowest BCUT2D eigenvalue weighted by Crippen LogP contribution is -2.39. The van der Waals surface area contributed by atoms with E-state index in [0.29, 0.717) is 5.88 Å². The lowest BCUT2D eigenvalue weighted by Gasteiger charge is -2.33. The zero-order valence-corrected chi connectivity index (χ0v) is 15.2. The van der Waals surface area contributed by atoms with Crippen LogP contribution >= 0.6 is 0 Å². The van der Waals surface area contributed by atoms with Gasteiger partial charge in [0.25, 0.3) is 0 Å². The maximum Gasteiger partial charge on any atom is 0.213 e. The second-order valence-corrected chi connectivity index (χ2v) is 6.49. The summed E-state index contributed by atoms with van der Waals surface area (Å²) < 4.78 is 12.7. The van der Waals surface area contributed by atoms with Crippen molar-refractivity contribution in [3.8, 4) is 11.6 Å². The minimum atomic E-state index is 0.179. The summed E-state index contributed by atoms with van der Waals surface area (Å²) in [5.41, 5.74) is 3.09. The Hall–Kier alpha value is -2.90. The van der Waals surface area contributed by atoms with Crippen molar-refractivity contribution in [1.29, 1.82) is 0 Å². The van der Waals surface area contributed by atoms with Crippen LogP contribution in [0.15, 0.2) is 24.7 Å². The molecular weight excluding hydrogens is 332 g/mol. The van der Waals surface area contributed by atoms with Crippen LogP contribution in [0.3, 0.4) is 0 Å². The van der Waals surface area contributed by atoms with Crippen molar-refractivity contribution in [3.05, 3.63) is 35.8 Å². The number of aromatic nitrogens is 5. The summed E-state index contributed by atoms with van der Waals surface area (Å²) in [6.45, 7) is 5.94. The van der Waals surface area contributed by atoms with Gasteiger partial charge in [0.1, 0.15) is 18.2 Å². The smallest absolute Gasteiger partial charge is 0.213 e. The molecule has 1 aliphatic heterocycles. The fourth-order valence-electron chi connectivity index (χ4n) is 3.29. The largest absolute Gasteiger partial charge is 0.489 e. The first kappa shape index (κ1) is 16.6. The summed E-state index contributed by atoms with van der Waals surface area (Å²) in [4.78, 5) is 10.8. The van der Waals surface area contributed by atoms with Crippen LogP contribution in [0.4, 0.5) is 5.82 Å². The van der Waals surface area contributed by atoms with E-state index in [9.17, 15) is 0 Å². The number of rotatable bonds is 4. The van der Waals surface area contributed by atoms with E-state index in [2.05, 4.69) is 38.9 Å². The lowest BCUT2D eigenvalue weighted by molar-refractivity contribution is 0.169. The van der Waals surface area contributed by atoms with E-state index in [4.69, 9.17) is 9.47 Å². The molecule has 0 N–H and O–H groups in total. The van der Waals surface area contributed by atoms with Gasteiger partial charge >= 0.3 is 0 Å². The zero-order valence-electron chi connectivity index (χ0n) is 15.2. The first-order chi connectivity index (χ1) is 12.7. The third-order valence-corrected chi connectivity index (χ3v) is 4.92. The van der Waals surface area contributed by atoms with Gasteiger partial charge in [-0.1, -0.05) is 0 Å². The van der Waals surface area contributed by atoms with E-state index in [1.807, 2.05) is 12.1 Å². The highest BCUT2D eigenvalue weighted by molar-refractivity contribution is 5.58. The number of methoxy groups -OCH3 is 1. The molecule has 4 rings (SSSR count). The van der Waals surface area contributed by atoms with Crippen LogP contribution < -0.4 is 14.4 Å². The van der Waals surface area contributed by atoms with Crippen LogP contribution in [0.1, 0.15) is 24.0 Å². The van der Waals surface area contributed by atoms with Gasteiger partial charge in [0, 0.05) is 43.1 Å². The summed E-state index contributed by atoms with van der Waals surface area (Å²) in [5, 5.41) is 8.84. The summed E-state index contributed by atoms with van der Waals surface area (Å²) in [6, 6.07) is 3.71. The Morgan fingerprint density at radius 1 is 1.08 bits per heavy atom. The Labute approximate surface area is 151 Å². The van der Waals surface area contributed by atoms with Gasteiger partial charge < -0.3 is 14.4 Å². The van der Waals surface area contributed by atoms with E-state index >= 15 is 0 Å². The highest BCUT2D eigenvalue weighted by Gasteiger charge is 2.24. The molecule has 0 unspecified atom stereocenters. The molecule has 0 spiro atoms. The van der Waals surface area contributed by atoms with Crippen LogP contribution in [-0.2, 0) is 0 Å². The number of anilines is 1. The molecule has 1 fully saturated rings. The SMILES string of the molecule is COc1ccc(OC2CCN(c3nn4ncnc4c(C)c3C)CC2)cn1. The number of hydrogen-bond acceptors (Lipinski definition) is 7. The van der Waals surface area contributed by atoms with Crippen LogP contribution in [0.25, 0.3) is 5.65 Å². The number of pyridine rings is 1. The molecule has 3 aromatic heterocycles. The van der Waals surface area contributed by atoms with Crippen molar-refractivity contribution in [2.45, 2.75) is 32.8 Å². The molecule has 0 saturated carbocycles. The normalized spacial score (nSPS) is 15.4. The van der Waals surface area contributed by atoms with Gasteiger partial charge in [-0.25, -0.2) is 9.97 Å². The first-order valence-corrected chi connectivity index (χ1v) is 8.74. The van der Waals surface area contributed by atoms with Crippen molar-refractivity contribution in [2.75, 3.05) is 25.1 Å². The van der Waals surface area contributed by atoms with Gasteiger partial charge in [0.05, 0.1) is 13.3 Å². The van der Waals surface area contributed by atoms with E-state index in [0.717, 1.165) is 54.3 Å². The monoisotopic (exact) mass is 354 g/mol.